The van der Waals surface area contributed by atoms with Crippen molar-refractivity contribution in [2.75, 3.05) is 31.9 Å². The Hall–Kier alpha value is -1.20. The fraction of sp³-hybridized carbons (Fsp3) is 0.750. The van der Waals surface area contributed by atoms with E-state index in [0.29, 0.717) is 5.95 Å². The molecule has 0 spiro atoms. The van der Waals surface area contributed by atoms with Gasteiger partial charge in [-0.05, 0) is 45.4 Å². The second kappa shape index (κ2) is 11.5. The number of aromatic nitrogens is 2. The largest absolute Gasteiger partial charge is 0.368 e. The summed E-state index contributed by atoms with van der Waals surface area (Å²) in [7, 11) is 0. The lowest BCUT2D eigenvalue weighted by molar-refractivity contribution is 0.261. The predicted octanol–water partition coefficient (Wildman–Crippen LogP) is 2.44. The summed E-state index contributed by atoms with van der Waals surface area (Å²) in [6.45, 7) is 10.0. The highest BCUT2D eigenvalue weighted by Crippen LogP contribution is 2.01. The van der Waals surface area contributed by atoms with Gasteiger partial charge in [-0.3, -0.25) is 0 Å². The molecular formula is C16H31N5. The van der Waals surface area contributed by atoms with E-state index in [0.717, 1.165) is 18.7 Å². The Morgan fingerprint density at radius 1 is 1.00 bits per heavy atom. The van der Waals surface area contributed by atoms with E-state index < -0.39 is 0 Å². The lowest BCUT2D eigenvalue weighted by Gasteiger charge is -2.21. The van der Waals surface area contributed by atoms with E-state index >= 15 is 0 Å². The van der Waals surface area contributed by atoms with E-state index in [1.165, 1.54) is 51.7 Å². The molecule has 0 saturated heterocycles. The first-order valence-corrected chi connectivity index (χ1v) is 8.25. The van der Waals surface area contributed by atoms with Gasteiger partial charge in [-0.25, -0.2) is 9.97 Å². The Morgan fingerprint density at radius 2 is 1.57 bits per heavy atom. The van der Waals surface area contributed by atoms with Gasteiger partial charge in [-0.2, -0.15) is 0 Å². The van der Waals surface area contributed by atoms with Gasteiger partial charge in [0.25, 0.3) is 0 Å². The third-order valence-electron chi connectivity index (χ3n) is 3.54. The third kappa shape index (κ3) is 8.63. The molecule has 0 amide bonds. The number of anilines is 1. The van der Waals surface area contributed by atoms with Crippen molar-refractivity contribution >= 4 is 5.95 Å². The van der Waals surface area contributed by atoms with Crippen molar-refractivity contribution in [2.45, 2.75) is 52.5 Å². The van der Waals surface area contributed by atoms with Crippen LogP contribution in [0.4, 0.5) is 5.95 Å². The minimum atomic E-state index is 0.334. The van der Waals surface area contributed by atoms with E-state index in [2.05, 4.69) is 34.0 Å². The summed E-state index contributed by atoms with van der Waals surface area (Å²) >= 11 is 0. The van der Waals surface area contributed by atoms with Crippen LogP contribution >= 0.6 is 0 Å². The molecule has 0 aliphatic rings. The van der Waals surface area contributed by atoms with Crippen LogP contribution in [0.15, 0.2) is 12.4 Å². The number of hydrogen-bond acceptors (Lipinski definition) is 5. The van der Waals surface area contributed by atoms with E-state index in [1.807, 2.05) is 0 Å². The average Bonchev–Trinajstić information content (AvgIpc) is 2.50. The van der Waals surface area contributed by atoms with Crippen molar-refractivity contribution in [3.8, 4) is 0 Å². The first-order chi connectivity index (χ1) is 10.3. The molecule has 0 saturated carbocycles. The Bertz CT molecular complexity index is 344. The molecule has 0 aromatic carbocycles. The lowest BCUT2D eigenvalue weighted by atomic mass is 10.2. The molecule has 0 aliphatic heterocycles. The Labute approximate surface area is 129 Å². The Kier molecular flexibility index (Phi) is 9.74. The fourth-order valence-corrected chi connectivity index (χ4v) is 2.22. The predicted molar refractivity (Wildman–Crippen MR) is 89.0 cm³/mol. The monoisotopic (exact) mass is 293 g/mol. The maximum absolute atomic E-state index is 5.47. The van der Waals surface area contributed by atoms with Gasteiger partial charge in [0.1, 0.15) is 0 Å². The van der Waals surface area contributed by atoms with Gasteiger partial charge < -0.3 is 16.0 Å². The summed E-state index contributed by atoms with van der Waals surface area (Å²) in [6, 6.07) is 0. The minimum absolute atomic E-state index is 0.334. The van der Waals surface area contributed by atoms with Crippen LogP contribution in [0.2, 0.25) is 0 Å². The van der Waals surface area contributed by atoms with Gasteiger partial charge in [0.2, 0.25) is 5.95 Å². The molecule has 0 radical (unpaired) electrons. The SMILES string of the molecule is CCCCN(CCCC)CCCNCc1cnc(N)nc1. The van der Waals surface area contributed by atoms with Gasteiger partial charge in [-0.15, -0.1) is 0 Å². The van der Waals surface area contributed by atoms with Crippen LogP contribution in [-0.4, -0.2) is 41.0 Å². The second-order valence-electron chi connectivity index (χ2n) is 5.53. The lowest BCUT2D eigenvalue weighted by Crippen LogP contribution is -2.29. The first-order valence-electron chi connectivity index (χ1n) is 8.25. The zero-order valence-corrected chi connectivity index (χ0v) is 13.6. The summed E-state index contributed by atoms with van der Waals surface area (Å²) in [4.78, 5) is 10.6. The molecule has 1 aromatic heterocycles. The fourth-order valence-electron chi connectivity index (χ4n) is 2.22. The van der Waals surface area contributed by atoms with E-state index in [9.17, 15) is 0 Å². The van der Waals surface area contributed by atoms with Gasteiger partial charge >= 0.3 is 0 Å². The standard InChI is InChI=1S/C16H31N5/c1-3-5-9-21(10-6-4-2)11-7-8-18-12-15-13-19-16(17)20-14-15/h13-14,18H,3-12H2,1-2H3,(H2,17,19,20). The maximum Gasteiger partial charge on any atom is 0.219 e. The van der Waals surface area contributed by atoms with E-state index in [-0.39, 0.29) is 0 Å². The van der Waals surface area contributed by atoms with Crippen molar-refractivity contribution in [3.05, 3.63) is 18.0 Å². The van der Waals surface area contributed by atoms with Crippen molar-refractivity contribution in [2.24, 2.45) is 0 Å². The van der Waals surface area contributed by atoms with Crippen LogP contribution in [0, 0.1) is 0 Å². The summed E-state index contributed by atoms with van der Waals surface area (Å²) in [5.74, 6) is 0.334. The molecule has 120 valence electrons. The molecule has 5 nitrogen and oxygen atoms in total. The zero-order valence-electron chi connectivity index (χ0n) is 13.6. The van der Waals surface area contributed by atoms with Gasteiger partial charge in [0.05, 0.1) is 0 Å². The molecular weight excluding hydrogens is 262 g/mol. The van der Waals surface area contributed by atoms with Crippen molar-refractivity contribution in [3.63, 3.8) is 0 Å². The summed E-state index contributed by atoms with van der Waals surface area (Å²) in [5, 5.41) is 3.44. The highest BCUT2D eigenvalue weighted by Gasteiger charge is 2.03. The molecule has 0 atom stereocenters. The highest BCUT2D eigenvalue weighted by atomic mass is 15.1. The van der Waals surface area contributed by atoms with E-state index in [4.69, 9.17) is 5.73 Å². The first kappa shape index (κ1) is 17.9. The number of hydrogen-bond donors (Lipinski definition) is 2. The minimum Gasteiger partial charge on any atom is -0.368 e. The quantitative estimate of drug-likeness (QED) is 0.579. The second-order valence-corrected chi connectivity index (χ2v) is 5.53. The van der Waals surface area contributed by atoms with Crippen LogP contribution in [0.3, 0.4) is 0 Å². The molecule has 3 N–H and O–H groups in total. The number of nitrogens with two attached hydrogens (primary N) is 1. The Morgan fingerprint density at radius 3 is 2.14 bits per heavy atom. The summed E-state index contributed by atoms with van der Waals surface area (Å²) in [5.41, 5.74) is 6.55. The topological polar surface area (TPSA) is 67.1 Å². The van der Waals surface area contributed by atoms with E-state index in [1.54, 1.807) is 12.4 Å². The summed E-state index contributed by atoms with van der Waals surface area (Å²) in [6.07, 6.45) is 9.91. The van der Waals surface area contributed by atoms with Crippen molar-refractivity contribution in [1.29, 1.82) is 0 Å². The van der Waals surface area contributed by atoms with Gasteiger partial charge in [0.15, 0.2) is 0 Å². The molecule has 1 heterocycles. The molecule has 1 aromatic rings. The smallest absolute Gasteiger partial charge is 0.219 e. The maximum atomic E-state index is 5.47. The molecule has 5 heteroatoms. The zero-order chi connectivity index (χ0) is 15.3. The average molecular weight is 293 g/mol. The van der Waals surface area contributed by atoms with Gasteiger partial charge in [0, 0.05) is 24.5 Å². The van der Waals surface area contributed by atoms with Crippen LogP contribution in [0.25, 0.3) is 0 Å². The van der Waals surface area contributed by atoms with Crippen molar-refractivity contribution < 1.29 is 0 Å². The van der Waals surface area contributed by atoms with Crippen LogP contribution in [0.1, 0.15) is 51.5 Å². The van der Waals surface area contributed by atoms with Crippen LogP contribution in [-0.2, 0) is 6.54 Å². The van der Waals surface area contributed by atoms with Crippen LogP contribution < -0.4 is 11.1 Å². The molecule has 1 rings (SSSR count). The molecule has 21 heavy (non-hydrogen) atoms. The molecule has 0 unspecified atom stereocenters. The highest BCUT2D eigenvalue weighted by molar-refractivity contribution is 5.16. The van der Waals surface area contributed by atoms with Crippen LogP contribution in [0.5, 0.6) is 0 Å². The van der Waals surface area contributed by atoms with Crippen molar-refractivity contribution in [1.82, 2.24) is 20.2 Å². The number of nitrogens with one attached hydrogen (secondary N) is 1. The number of unbranched alkanes of at least 4 members (excludes halogenated alkanes) is 2. The summed E-state index contributed by atoms with van der Waals surface area (Å²) < 4.78 is 0. The number of rotatable bonds is 12. The molecule has 0 bridgehead atoms. The Balaban J connectivity index is 2.13. The number of nitrogens with zero attached hydrogens (tertiary/aromatic N) is 3. The molecule has 0 fully saturated rings. The third-order valence-corrected chi connectivity index (χ3v) is 3.54. The normalized spacial score (nSPS) is 11.2. The number of nitrogen functional groups attached to an aromatic ring is 1. The molecule has 0 aliphatic carbocycles. The van der Waals surface area contributed by atoms with Gasteiger partial charge in [-0.1, -0.05) is 26.7 Å².